The molecule has 0 atom stereocenters. The Balaban J connectivity index is 1.48. The van der Waals surface area contributed by atoms with Gasteiger partial charge in [-0.2, -0.15) is 0 Å². The number of likely N-dealkylation sites (tertiary alicyclic amines) is 1. The zero-order chi connectivity index (χ0) is 14.9. The van der Waals surface area contributed by atoms with E-state index >= 15 is 0 Å². The van der Waals surface area contributed by atoms with Crippen LogP contribution < -0.4 is 0 Å². The van der Waals surface area contributed by atoms with Crippen LogP contribution in [0, 0.1) is 3.70 Å². The lowest BCUT2D eigenvalue weighted by Gasteiger charge is -2.74. The van der Waals surface area contributed by atoms with Gasteiger partial charge in [-0.3, -0.25) is 9.69 Å². The fourth-order valence-electron chi connectivity index (χ4n) is 4.41. The molecule has 0 N–H and O–H groups in total. The third-order valence-electron chi connectivity index (χ3n) is 5.46. The minimum Gasteiger partial charge on any atom is -0.321 e. The molecule has 3 aliphatic carbocycles. The summed E-state index contributed by atoms with van der Waals surface area (Å²) in [5, 5.41) is 0. The van der Waals surface area contributed by atoms with Crippen LogP contribution >= 0.6 is 22.6 Å². The standard InChI is InChI=1S/C14H16F2IN3O/c15-14(16)1-3-19(4-2-14)12-7-13(8-12,9-12)20-5-10(17)18-11(20)6-21/h5-6H,1-4,7-9H2. The van der Waals surface area contributed by atoms with Gasteiger partial charge in [0.25, 0.3) is 5.92 Å². The molecule has 1 aromatic rings. The van der Waals surface area contributed by atoms with Crippen molar-refractivity contribution in [1.29, 1.82) is 0 Å². The van der Waals surface area contributed by atoms with Gasteiger partial charge in [-0.1, -0.05) is 0 Å². The van der Waals surface area contributed by atoms with Gasteiger partial charge in [0, 0.05) is 37.7 Å². The van der Waals surface area contributed by atoms with E-state index in [0.29, 0.717) is 18.9 Å². The van der Waals surface area contributed by atoms with Crippen LogP contribution in [-0.4, -0.2) is 45.3 Å². The Morgan fingerprint density at radius 3 is 2.38 bits per heavy atom. The number of hydrogen-bond acceptors (Lipinski definition) is 3. The molecule has 4 fully saturated rings. The molecule has 1 saturated heterocycles. The molecule has 0 spiro atoms. The first kappa shape index (κ1) is 14.0. The van der Waals surface area contributed by atoms with E-state index in [-0.39, 0.29) is 23.9 Å². The van der Waals surface area contributed by atoms with E-state index in [2.05, 4.69) is 32.5 Å². The highest BCUT2D eigenvalue weighted by molar-refractivity contribution is 14.1. The second-order valence-electron chi connectivity index (χ2n) is 6.73. The van der Waals surface area contributed by atoms with E-state index in [0.717, 1.165) is 29.2 Å². The molecule has 4 aliphatic rings. The molecular weight excluding hydrogens is 391 g/mol. The number of aldehydes is 1. The Labute approximate surface area is 135 Å². The Bertz CT molecular complexity index is 586. The minimum atomic E-state index is -2.48. The highest BCUT2D eigenvalue weighted by Gasteiger charge is 2.71. The molecule has 0 amide bonds. The van der Waals surface area contributed by atoms with Crippen LogP contribution in [0.5, 0.6) is 0 Å². The van der Waals surface area contributed by atoms with Crippen molar-refractivity contribution in [2.75, 3.05) is 13.1 Å². The summed E-state index contributed by atoms with van der Waals surface area (Å²) in [5.74, 6) is -2.00. The lowest BCUT2D eigenvalue weighted by molar-refractivity contribution is -0.223. The maximum absolute atomic E-state index is 13.3. The molecule has 1 aliphatic heterocycles. The molecule has 114 valence electrons. The lowest BCUT2D eigenvalue weighted by Crippen LogP contribution is -2.79. The topological polar surface area (TPSA) is 38.1 Å². The first-order chi connectivity index (χ1) is 9.88. The predicted molar refractivity (Wildman–Crippen MR) is 80.6 cm³/mol. The van der Waals surface area contributed by atoms with Crippen molar-refractivity contribution in [2.24, 2.45) is 0 Å². The van der Waals surface area contributed by atoms with E-state index in [9.17, 15) is 13.6 Å². The van der Waals surface area contributed by atoms with Gasteiger partial charge in [0.1, 0.15) is 3.70 Å². The number of imidazole rings is 1. The van der Waals surface area contributed by atoms with Crippen molar-refractivity contribution >= 4 is 28.9 Å². The van der Waals surface area contributed by atoms with E-state index in [1.54, 1.807) is 0 Å². The molecule has 4 nitrogen and oxygen atoms in total. The average molecular weight is 407 g/mol. The number of nitrogens with zero attached hydrogens (tertiary/aromatic N) is 3. The molecule has 7 heteroatoms. The van der Waals surface area contributed by atoms with Crippen LogP contribution in [0.15, 0.2) is 6.20 Å². The minimum absolute atomic E-state index is 0.00658. The molecule has 2 heterocycles. The lowest BCUT2D eigenvalue weighted by atomic mass is 9.43. The molecule has 2 bridgehead atoms. The Hall–Kier alpha value is -0.570. The zero-order valence-corrected chi connectivity index (χ0v) is 13.6. The summed E-state index contributed by atoms with van der Waals surface area (Å²) < 4.78 is 29.4. The van der Waals surface area contributed by atoms with Gasteiger partial charge in [0.15, 0.2) is 12.1 Å². The molecule has 1 aromatic heterocycles. The zero-order valence-electron chi connectivity index (χ0n) is 11.5. The van der Waals surface area contributed by atoms with Crippen LogP contribution in [0.3, 0.4) is 0 Å². The number of carbonyl (C=O) groups is 1. The van der Waals surface area contributed by atoms with Crippen molar-refractivity contribution in [3.8, 4) is 0 Å². The number of alkyl halides is 2. The normalized spacial score (nSPS) is 37.7. The molecule has 0 unspecified atom stereocenters. The molecule has 5 rings (SSSR count). The molecule has 0 aromatic carbocycles. The van der Waals surface area contributed by atoms with E-state index in [1.807, 2.05) is 10.8 Å². The number of aromatic nitrogens is 2. The summed E-state index contributed by atoms with van der Waals surface area (Å²) in [7, 11) is 0. The second-order valence-corrected chi connectivity index (χ2v) is 7.84. The average Bonchev–Trinajstić information content (AvgIpc) is 2.69. The maximum atomic E-state index is 13.3. The van der Waals surface area contributed by atoms with Gasteiger partial charge >= 0.3 is 0 Å². The molecular formula is C14H16F2IN3O. The largest absolute Gasteiger partial charge is 0.321 e. The molecule has 3 saturated carbocycles. The fourth-order valence-corrected chi connectivity index (χ4v) is 4.93. The number of halogens is 3. The third kappa shape index (κ3) is 1.92. The molecule has 21 heavy (non-hydrogen) atoms. The predicted octanol–water partition coefficient (Wildman–Crippen LogP) is 2.66. The summed E-state index contributed by atoms with van der Waals surface area (Å²) in [4.78, 5) is 17.6. The fraction of sp³-hybridized carbons (Fsp3) is 0.714. The summed E-state index contributed by atoms with van der Waals surface area (Å²) in [6, 6.07) is 0. The van der Waals surface area contributed by atoms with Crippen LogP contribution in [-0.2, 0) is 5.54 Å². The van der Waals surface area contributed by atoms with Crippen molar-refractivity contribution in [1.82, 2.24) is 14.5 Å². The van der Waals surface area contributed by atoms with Gasteiger partial charge < -0.3 is 4.57 Å². The van der Waals surface area contributed by atoms with Crippen LogP contribution in [0.4, 0.5) is 8.78 Å². The van der Waals surface area contributed by atoms with Gasteiger partial charge in [-0.05, 0) is 41.9 Å². The number of rotatable bonds is 3. The van der Waals surface area contributed by atoms with Crippen molar-refractivity contribution in [2.45, 2.75) is 49.1 Å². The van der Waals surface area contributed by atoms with Crippen molar-refractivity contribution in [3.05, 3.63) is 15.7 Å². The van der Waals surface area contributed by atoms with Crippen molar-refractivity contribution in [3.63, 3.8) is 0 Å². The second kappa shape index (κ2) is 4.24. The quantitative estimate of drug-likeness (QED) is 0.572. The first-order valence-electron chi connectivity index (χ1n) is 7.22. The monoisotopic (exact) mass is 407 g/mol. The van der Waals surface area contributed by atoms with Crippen molar-refractivity contribution < 1.29 is 13.6 Å². The summed E-state index contributed by atoms with van der Waals surface area (Å²) >= 11 is 2.11. The highest BCUT2D eigenvalue weighted by Crippen LogP contribution is 2.68. The summed E-state index contributed by atoms with van der Waals surface area (Å²) in [5.41, 5.74) is 0.110. The van der Waals surface area contributed by atoms with Gasteiger partial charge in [0.05, 0.1) is 5.54 Å². The number of piperidine rings is 1. The number of carbonyl (C=O) groups excluding carboxylic acids is 1. The maximum Gasteiger partial charge on any atom is 0.250 e. The molecule has 0 radical (unpaired) electrons. The smallest absolute Gasteiger partial charge is 0.250 e. The third-order valence-corrected chi connectivity index (χ3v) is 5.98. The number of hydrogen-bond donors (Lipinski definition) is 0. The Morgan fingerprint density at radius 1 is 1.19 bits per heavy atom. The summed E-state index contributed by atoms with van der Waals surface area (Å²) in [6.07, 6.45) is 5.56. The Morgan fingerprint density at radius 2 is 1.81 bits per heavy atom. The highest BCUT2D eigenvalue weighted by atomic mass is 127. The van der Waals surface area contributed by atoms with Crippen LogP contribution in [0.25, 0.3) is 0 Å². The van der Waals surface area contributed by atoms with E-state index in [4.69, 9.17) is 0 Å². The van der Waals surface area contributed by atoms with E-state index < -0.39 is 5.92 Å². The first-order valence-corrected chi connectivity index (χ1v) is 8.30. The Kier molecular flexibility index (Phi) is 2.84. The van der Waals surface area contributed by atoms with Gasteiger partial charge in [-0.15, -0.1) is 0 Å². The SMILES string of the molecule is O=Cc1nc(I)cn1C12CC(N3CCC(F)(F)CC3)(C1)C2. The summed E-state index contributed by atoms with van der Waals surface area (Å²) in [6.45, 7) is 0.982. The van der Waals surface area contributed by atoms with Gasteiger partial charge in [0.2, 0.25) is 0 Å². The van der Waals surface area contributed by atoms with Crippen LogP contribution in [0.1, 0.15) is 42.7 Å². The van der Waals surface area contributed by atoms with Crippen LogP contribution in [0.2, 0.25) is 0 Å². The van der Waals surface area contributed by atoms with Gasteiger partial charge in [-0.25, -0.2) is 13.8 Å². The van der Waals surface area contributed by atoms with E-state index in [1.165, 1.54) is 0 Å².